The molecule has 0 atom stereocenters. The highest BCUT2D eigenvalue weighted by molar-refractivity contribution is 5.64. The first kappa shape index (κ1) is 27.5. The Balaban J connectivity index is 1.44. The van der Waals surface area contributed by atoms with Crippen LogP contribution in [0.25, 0.3) is 11.1 Å². The Kier molecular flexibility index (Phi) is 9.99. The average molecular weight is 497 g/mol. The minimum Gasteiger partial charge on any atom is -0.426 e. The lowest BCUT2D eigenvalue weighted by molar-refractivity contribution is -0.360. The van der Waals surface area contributed by atoms with Crippen molar-refractivity contribution in [1.82, 2.24) is 0 Å². The monoisotopic (exact) mass is 496 g/mol. The number of ether oxygens (including phenoxy) is 1. The van der Waals surface area contributed by atoms with Crippen LogP contribution in [0.4, 0.5) is 22.0 Å². The molecule has 0 spiro atoms. The topological polar surface area (TPSA) is 9.23 Å². The maximum absolute atomic E-state index is 13.1. The minimum atomic E-state index is -5.76. The molecule has 1 fully saturated rings. The molecule has 6 heteroatoms. The summed E-state index contributed by atoms with van der Waals surface area (Å²) in [6.45, 7) is 2.25. The van der Waals surface area contributed by atoms with Crippen molar-refractivity contribution in [2.24, 2.45) is 5.92 Å². The first-order chi connectivity index (χ1) is 16.7. The molecular formula is C29H37F5O. The van der Waals surface area contributed by atoms with Gasteiger partial charge in [0.2, 0.25) is 0 Å². The predicted octanol–water partition coefficient (Wildman–Crippen LogP) is 10.3. The second-order valence-electron chi connectivity index (χ2n) is 9.89. The van der Waals surface area contributed by atoms with Gasteiger partial charge in [-0.2, -0.15) is 22.0 Å². The van der Waals surface area contributed by atoms with Crippen molar-refractivity contribution in [2.45, 2.75) is 102 Å². The van der Waals surface area contributed by atoms with E-state index < -0.39 is 18.0 Å². The van der Waals surface area contributed by atoms with Crippen molar-refractivity contribution >= 4 is 0 Å². The van der Waals surface area contributed by atoms with Gasteiger partial charge in [-0.1, -0.05) is 94.7 Å². The van der Waals surface area contributed by atoms with Gasteiger partial charge in [0.15, 0.2) is 0 Å². The van der Waals surface area contributed by atoms with Crippen molar-refractivity contribution in [1.29, 1.82) is 0 Å². The van der Waals surface area contributed by atoms with E-state index in [0.717, 1.165) is 29.2 Å². The van der Waals surface area contributed by atoms with Gasteiger partial charge >= 0.3 is 12.3 Å². The van der Waals surface area contributed by atoms with Crippen molar-refractivity contribution in [2.75, 3.05) is 0 Å². The predicted molar refractivity (Wildman–Crippen MR) is 131 cm³/mol. The molecule has 2 aromatic carbocycles. The number of benzene rings is 2. The van der Waals surface area contributed by atoms with E-state index in [2.05, 4.69) is 23.8 Å². The Hall–Kier alpha value is -2.11. The van der Waals surface area contributed by atoms with E-state index in [-0.39, 0.29) is 0 Å². The molecular weight excluding hydrogens is 459 g/mol. The van der Waals surface area contributed by atoms with E-state index in [0.29, 0.717) is 5.92 Å². The molecule has 35 heavy (non-hydrogen) atoms. The van der Waals surface area contributed by atoms with E-state index in [9.17, 15) is 22.0 Å². The van der Waals surface area contributed by atoms with Gasteiger partial charge in [0.25, 0.3) is 0 Å². The van der Waals surface area contributed by atoms with Gasteiger partial charge in [-0.3, -0.25) is 0 Å². The van der Waals surface area contributed by atoms with E-state index in [1.165, 1.54) is 94.7 Å². The van der Waals surface area contributed by atoms with E-state index in [1.54, 1.807) is 0 Å². The zero-order valence-electron chi connectivity index (χ0n) is 20.6. The normalized spacial score (nSPS) is 19.0. The van der Waals surface area contributed by atoms with E-state index >= 15 is 0 Å². The maximum Gasteiger partial charge on any atom is 0.499 e. The number of rotatable bonds is 12. The summed E-state index contributed by atoms with van der Waals surface area (Å²) in [6.07, 6.45) is 4.87. The minimum absolute atomic E-state index is 0.527. The van der Waals surface area contributed by atoms with Gasteiger partial charge in [-0.15, -0.1) is 0 Å². The van der Waals surface area contributed by atoms with Crippen molar-refractivity contribution in [3.8, 4) is 16.9 Å². The standard InChI is InChI=1S/C29H37F5O/c1-2-3-4-5-6-7-8-9-22-10-12-23(13-11-22)24-14-16-25(17-15-24)26-18-20-27(21-19-26)35-29(33,34)28(30,31)32/h14-23H,2-13H2,1H3. The maximum atomic E-state index is 13.1. The zero-order valence-corrected chi connectivity index (χ0v) is 20.6. The molecule has 0 aromatic heterocycles. The summed E-state index contributed by atoms with van der Waals surface area (Å²) in [5, 5.41) is 0. The van der Waals surface area contributed by atoms with Crippen LogP contribution in [0.2, 0.25) is 0 Å². The molecule has 194 valence electrons. The molecule has 0 unspecified atom stereocenters. The van der Waals surface area contributed by atoms with Gasteiger partial charge in [-0.25, -0.2) is 0 Å². The third-order valence-electron chi connectivity index (χ3n) is 7.21. The molecule has 0 aliphatic heterocycles. The molecule has 2 aromatic rings. The van der Waals surface area contributed by atoms with Gasteiger partial charge < -0.3 is 4.74 Å². The largest absolute Gasteiger partial charge is 0.499 e. The number of hydrogen-bond donors (Lipinski definition) is 0. The van der Waals surface area contributed by atoms with Gasteiger partial charge in [0.1, 0.15) is 5.75 Å². The molecule has 0 saturated heterocycles. The molecule has 0 heterocycles. The Morgan fingerprint density at radius 3 is 1.74 bits per heavy atom. The number of unbranched alkanes of at least 4 members (excludes halogenated alkanes) is 6. The molecule has 1 aliphatic rings. The fourth-order valence-electron chi connectivity index (χ4n) is 5.04. The SMILES string of the molecule is CCCCCCCCCC1CCC(c2ccc(-c3ccc(OC(F)(F)C(F)(F)F)cc3)cc2)CC1. The molecule has 0 bridgehead atoms. The summed E-state index contributed by atoms with van der Waals surface area (Å²) in [5.41, 5.74) is 2.93. The van der Waals surface area contributed by atoms with Crippen LogP contribution in [0.15, 0.2) is 48.5 Å². The third-order valence-corrected chi connectivity index (χ3v) is 7.21. The number of alkyl halides is 5. The summed E-state index contributed by atoms with van der Waals surface area (Å²) in [5.74, 6) is 0.891. The highest BCUT2D eigenvalue weighted by Crippen LogP contribution is 2.39. The smallest absolute Gasteiger partial charge is 0.426 e. The Labute approximate surface area is 206 Å². The van der Waals surface area contributed by atoms with Gasteiger partial charge in [0.05, 0.1) is 0 Å². The second-order valence-corrected chi connectivity index (χ2v) is 9.89. The number of halogens is 5. The number of hydrogen-bond acceptors (Lipinski definition) is 1. The lowest BCUT2D eigenvalue weighted by Crippen LogP contribution is -2.41. The van der Waals surface area contributed by atoms with Crippen LogP contribution in [-0.4, -0.2) is 12.3 Å². The van der Waals surface area contributed by atoms with Gasteiger partial charge in [0, 0.05) is 0 Å². The van der Waals surface area contributed by atoms with Crippen LogP contribution in [0.5, 0.6) is 5.75 Å². The Morgan fingerprint density at radius 1 is 0.686 bits per heavy atom. The lowest BCUT2D eigenvalue weighted by Gasteiger charge is -2.29. The summed E-state index contributed by atoms with van der Waals surface area (Å²) >= 11 is 0. The van der Waals surface area contributed by atoms with Crippen molar-refractivity contribution in [3.63, 3.8) is 0 Å². The molecule has 1 nitrogen and oxygen atoms in total. The van der Waals surface area contributed by atoms with Crippen molar-refractivity contribution < 1.29 is 26.7 Å². The van der Waals surface area contributed by atoms with Crippen LogP contribution in [0.1, 0.15) is 95.5 Å². The van der Waals surface area contributed by atoms with Crippen LogP contribution >= 0.6 is 0 Å². The summed E-state index contributed by atoms with van der Waals surface area (Å²) < 4.78 is 66.9. The Morgan fingerprint density at radius 2 is 1.20 bits per heavy atom. The zero-order chi connectivity index (χ0) is 25.3. The molecule has 1 saturated carbocycles. The summed E-state index contributed by atoms with van der Waals surface area (Å²) in [6, 6.07) is 13.4. The Bertz CT molecular complexity index is 865. The highest BCUT2D eigenvalue weighted by atomic mass is 19.4. The summed E-state index contributed by atoms with van der Waals surface area (Å²) in [7, 11) is 0. The van der Waals surface area contributed by atoms with Crippen LogP contribution in [0, 0.1) is 5.92 Å². The van der Waals surface area contributed by atoms with Crippen LogP contribution < -0.4 is 4.74 Å². The van der Waals surface area contributed by atoms with Crippen LogP contribution in [-0.2, 0) is 0 Å². The third kappa shape index (κ3) is 8.22. The molecule has 1 aliphatic carbocycles. The molecule has 0 N–H and O–H groups in total. The summed E-state index contributed by atoms with van der Waals surface area (Å²) in [4.78, 5) is 0. The van der Waals surface area contributed by atoms with Crippen molar-refractivity contribution in [3.05, 3.63) is 54.1 Å². The fourth-order valence-corrected chi connectivity index (χ4v) is 5.04. The molecule has 0 radical (unpaired) electrons. The van der Waals surface area contributed by atoms with E-state index in [1.807, 2.05) is 12.1 Å². The quantitative estimate of drug-likeness (QED) is 0.210. The van der Waals surface area contributed by atoms with Crippen LogP contribution in [0.3, 0.4) is 0 Å². The molecule has 0 amide bonds. The lowest BCUT2D eigenvalue weighted by atomic mass is 9.77. The first-order valence-electron chi connectivity index (χ1n) is 13.0. The fraction of sp³-hybridized carbons (Fsp3) is 0.586. The first-order valence-corrected chi connectivity index (χ1v) is 13.0. The average Bonchev–Trinajstić information content (AvgIpc) is 2.84. The second kappa shape index (κ2) is 12.7. The molecule has 3 rings (SSSR count). The highest BCUT2D eigenvalue weighted by Gasteiger charge is 2.61. The van der Waals surface area contributed by atoms with Gasteiger partial charge in [-0.05, 0) is 66.3 Å². The van der Waals surface area contributed by atoms with E-state index in [4.69, 9.17) is 0 Å².